The van der Waals surface area contributed by atoms with Gasteiger partial charge in [-0.25, -0.2) is 4.99 Å². The predicted octanol–water partition coefficient (Wildman–Crippen LogP) is 5.08. The van der Waals surface area contributed by atoms with Gasteiger partial charge in [0.15, 0.2) is 0 Å². The summed E-state index contributed by atoms with van der Waals surface area (Å²) < 4.78 is 5.88. The number of nitrogens with zero attached hydrogens (tertiary/aromatic N) is 4. The van der Waals surface area contributed by atoms with Crippen molar-refractivity contribution in [2.75, 3.05) is 38.2 Å². The smallest absolute Gasteiger partial charge is 0.143 e. The SMILES string of the molecule is CO[C@@H]1CCN(C2=C3CNCCC3N(c3cccc4[nH]ncc34)C(c3c(C)cc(C)cc3C)=N2)CC1(C)C. The van der Waals surface area contributed by atoms with Crippen LogP contribution in [0.25, 0.3) is 10.9 Å². The summed E-state index contributed by atoms with van der Waals surface area (Å²) in [6.07, 6.45) is 4.24. The lowest BCUT2D eigenvalue weighted by Crippen LogP contribution is -2.55. The minimum Gasteiger partial charge on any atom is -0.381 e. The molecule has 3 aromatic rings. The Morgan fingerprint density at radius 2 is 1.87 bits per heavy atom. The van der Waals surface area contributed by atoms with E-state index in [0.29, 0.717) is 0 Å². The lowest BCUT2D eigenvalue weighted by atomic mass is 9.80. The molecule has 2 fully saturated rings. The highest BCUT2D eigenvalue weighted by molar-refractivity contribution is 6.16. The van der Waals surface area contributed by atoms with Gasteiger partial charge in [-0.15, -0.1) is 0 Å². The lowest BCUT2D eigenvalue weighted by Gasteiger charge is -2.48. The molecule has 6 rings (SSSR count). The Hall–Kier alpha value is -3.16. The average Bonchev–Trinajstić information content (AvgIpc) is 3.36. The average molecular weight is 513 g/mol. The number of rotatable bonds is 4. The summed E-state index contributed by atoms with van der Waals surface area (Å²) in [5.74, 6) is 2.20. The second kappa shape index (κ2) is 9.54. The minimum atomic E-state index is 0.0447. The zero-order valence-electron chi connectivity index (χ0n) is 23.6. The van der Waals surface area contributed by atoms with Gasteiger partial charge in [0, 0.05) is 48.7 Å². The molecular weight excluding hydrogens is 472 g/mol. The number of piperidine rings is 2. The number of anilines is 1. The molecule has 38 heavy (non-hydrogen) atoms. The lowest BCUT2D eigenvalue weighted by molar-refractivity contribution is -0.0437. The van der Waals surface area contributed by atoms with Gasteiger partial charge < -0.3 is 19.9 Å². The van der Waals surface area contributed by atoms with E-state index in [1.54, 1.807) is 0 Å². The first-order chi connectivity index (χ1) is 18.3. The van der Waals surface area contributed by atoms with Crippen LogP contribution in [0.15, 0.2) is 52.9 Å². The molecule has 0 amide bonds. The number of likely N-dealkylation sites (tertiary alicyclic amines) is 1. The summed E-state index contributed by atoms with van der Waals surface area (Å²) in [4.78, 5) is 10.6. The second-order valence-electron chi connectivity index (χ2n) is 11.9. The fraction of sp³-hybridized carbons (Fsp3) is 0.484. The summed E-state index contributed by atoms with van der Waals surface area (Å²) in [5.41, 5.74) is 8.69. The van der Waals surface area contributed by atoms with Crippen LogP contribution >= 0.6 is 0 Å². The summed E-state index contributed by atoms with van der Waals surface area (Å²) in [5, 5.41) is 12.4. The van der Waals surface area contributed by atoms with Gasteiger partial charge in [0.05, 0.1) is 29.5 Å². The van der Waals surface area contributed by atoms with E-state index in [0.717, 1.165) is 67.3 Å². The van der Waals surface area contributed by atoms with Gasteiger partial charge >= 0.3 is 0 Å². The second-order valence-corrected chi connectivity index (χ2v) is 11.9. The molecule has 3 aliphatic rings. The standard InChI is InChI=1S/C31H40N6O/c1-19-14-20(2)28(21(3)15-19)30-34-29(36-13-11-27(38-6)31(4,5)18-36)23-16-32-12-10-26(23)37(30)25-9-7-8-24-22(25)17-33-35-24/h7-9,14-15,17,26-27,32H,10-13,16,18H2,1-6H3,(H,33,35)/t26?,27-/m1/s1. The molecule has 0 radical (unpaired) electrons. The Morgan fingerprint density at radius 3 is 2.61 bits per heavy atom. The molecule has 4 heterocycles. The van der Waals surface area contributed by atoms with E-state index in [4.69, 9.17) is 9.73 Å². The molecule has 1 unspecified atom stereocenters. The maximum absolute atomic E-state index is 5.88. The third-order valence-corrected chi connectivity index (χ3v) is 8.69. The van der Waals surface area contributed by atoms with E-state index in [-0.39, 0.29) is 17.6 Å². The zero-order chi connectivity index (χ0) is 26.6. The van der Waals surface area contributed by atoms with Gasteiger partial charge in [-0.2, -0.15) is 5.10 Å². The molecule has 2 N–H and O–H groups in total. The van der Waals surface area contributed by atoms with Gasteiger partial charge in [-0.1, -0.05) is 37.6 Å². The van der Waals surface area contributed by atoms with Gasteiger partial charge in [0.25, 0.3) is 0 Å². The molecule has 7 heteroatoms. The normalized spacial score (nSPS) is 23.6. The van der Waals surface area contributed by atoms with Crippen molar-refractivity contribution in [1.29, 1.82) is 0 Å². The molecule has 2 saturated heterocycles. The number of aromatic nitrogens is 2. The molecule has 0 aliphatic carbocycles. The van der Waals surface area contributed by atoms with E-state index < -0.39 is 0 Å². The number of aryl methyl sites for hydroxylation is 3. The number of aliphatic imine (C=N–C) groups is 1. The summed E-state index contributed by atoms with van der Waals surface area (Å²) in [7, 11) is 1.85. The molecule has 0 bridgehead atoms. The maximum atomic E-state index is 5.88. The van der Waals surface area contributed by atoms with Crippen molar-refractivity contribution < 1.29 is 4.74 Å². The fourth-order valence-corrected chi connectivity index (χ4v) is 7.02. The van der Waals surface area contributed by atoms with E-state index in [2.05, 4.69) is 90.3 Å². The van der Waals surface area contributed by atoms with Crippen molar-refractivity contribution in [2.24, 2.45) is 10.4 Å². The number of methoxy groups -OCH3 is 1. The number of nitrogens with one attached hydrogen (secondary N) is 2. The number of hydrogen-bond acceptors (Lipinski definition) is 6. The Morgan fingerprint density at radius 1 is 1.08 bits per heavy atom. The number of H-pyrrole nitrogens is 1. The number of fused-ring (bicyclic) bond motifs is 2. The molecule has 200 valence electrons. The third-order valence-electron chi connectivity index (χ3n) is 8.69. The molecule has 2 atom stereocenters. The Bertz CT molecular complexity index is 1410. The highest BCUT2D eigenvalue weighted by atomic mass is 16.5. The largest absolute Gasteiger partial charge is 0.381 e. The molecular formula is C31H40N6O. The molecule has 0 spiro atoms. The predicted molar refractivity (Wildman–Crippen MR) is 155 cm³/mol. The molecule has 2 aromatic carbocycles. The monoisotopic (exact) mass is 512 g/mol. The van der Waals surface area contributed by atoms with Crippen molar-refractivity contribution in [3.05, 3.63) is 70.2 Å². The topological polar surface area (TPSA) is 68.8 Å². The Kier molecular flexibility index (Phi) is 6.31. The third kappa shape index (κ3) is 4.12. The first-order valence-electron chi connectivity index (χ1n) is 13.9. The van der Waals surface area contributed by atoms with Crippen LogP contribution in [-0.4, -0.2) is 66.4 Å². The number of hydrogen-bond donors (Lipinski definition) is 2. The van der Waals surface area contributed by atoms with E-state index in [9.17, 15) is 0 Å². The number of aromatic amines is 1. The fourth-order valence-electron chi connectivity index (χ4n) is 7.02. The van der Waals surface area contributed by atoms with E-state index >= 15 is 0 Å². The molecule has 3 aliphatic heterocycles. The summed E-state index contributed by atoms with van der Waals surface area (Å²) in [6.45, 7) is 15.0. The molecule has 7 nitrogen and oxygen atoms in total. The first kappa shape index (κ1) is 25.1. The van der Waals surface area contributed by atoms with Crippen molar-refractivity contribution in [2.45, 2.75) is 59.6 Å². The highest BCUT2D eigenvalue weighted by Gasteiger charge is 2.42. The quantitative estimate of drug-likeness (QED) is 0.511. The van der Waals surface area contributed by atoms with Crippen LogP contribution < -0.4 is 10.2 Å². The van der Waals surface area contributed by atoms with Crippen molar-refractivity contribution in [1.82, 2.24) is 20.4 Å². The van der Waals surface area contributed by atoms with Gasteiger partial charge in [-0.3, -0.25) is 5.10 Å². The van der Waals surface area contributed by atoms with Crippen LogP contribution in [0.1, 0.15) is 48.9 Å². The highest BCUT2D eigenvalue weighted by Crippen LogP contribution is 2.41. The zero-order valence-corrected chi connectivity index (χ0v) is 23.6. The summed E-state index contributed by atoms with van der Waals surface area (Å²) in [6, 6.07) is 11.3. The van der Waals surface area contributed by atoms with Crippen molar-refractivity contribution >= 4 is 22.4 Å². The molecule has 0 saturated carbocycles. The van der Waals surface area contributed by atoms with Gasteiger partial charge in [0.2, 0.25) is 0 Å². The van der Waals surface area contributed by atoms with Crippen molar-refractivity contribution in [3.8, 4) is 0 Å². The van der Waals surface area contributed by atoms with Crippen LogP contribution in [0, 0.1) is 26.2 Å². The van der Waals surface area contributed by atoms with E-state index in [1.807, 2.05) is 13.3 Å². The number of amidine groups is 1. The number of ether oxygens (including phenoxy) is 1. The van der Waals surface area contributed by atoms with Crippen LogP contribution in [0.2, 0.25) is 0 Å². The van der Waals surface area contributed by atoms with Crippen LogP contribution in [0.5, 0.6) is 0 Å². The Labute approximate surface area is 226 Å². The maximum Gasteiger partial charge on any atom is 0.143 e. The van der Waals surface area contributed by atoms with Crippen LogP contribution in [0.4, 0.5) is 5.69 Å². The summed E-state index contributed by atoms with van der Waals surface area (Å²) >= 11 is 0. The van der Waals surface area contributed by atoms with Crippen molar-refractivity contribution in [3.63, 3.8) is 0 Å². The van der Waals surface area contributed by atoms with Crippen LogP contribution in [-0.2, 0) is 4.74 Å². The van der Waals surface area contributed by atoms with Crippen LogP contribution in [0.3, 0.4) is 0 Å². The molecule has 1 aromatic heterocycles. The minimum absolute atomic E-state index is 0.0447. The first-order valence-corrected chi connectivity index (χ1v) is 13.9. The Balaban J connectivity index is 1.57. The van der Waals surface area contributed by atoms with E-state index in [1.165, 1.54) is 27.8 Å². The van der Waals surface area contributed by atoms with Gasteiger partial charge in [0.1, 0.15) is 11.7 Å². The number of benzene rings is 2. The van der Waals surface area contributed by atoms with Gasteiger partial charge in [-0.05, 0) is 63.4 Å².